The number of hydrogen-bond acceptors (Lipinski definition) is 7. The minimum Gasteiger partial charge on any atom is -0.463 e. The lowest BCUT2D eigenvalue weighted by molar-refractivity contribution is -0.139. The van der Waals surface area contributed by atoms with Gasteiger partial charge in [-0.25, -0.2) is 9.79 Å². The molecule has 2 aromatic carbocycles. The highest BCUT2D eigenvalue weighted by Gasteiger charge is 2.30. The molecule has 0 bridgehead atoms. The third-order valence-electron chi connectivity index (χ3n) is 5.23. The molecule has 180 valence electrons. The Bertz CT molecular complexity index is 1130. The van der Waals surface area contributed by atoms with Crippen molar-refractivity contribution in [2.24, 2.45) is 4.99 Å². The number of allylic oxidation sites excluding steroid dienone is 1. The van der Waals surface area contributed by atoms with Crippen LogP contribution in [0.1, 0.15) is 31.0 Å². The second-order valence-electron chi connectivity index (χ2n) is 8.01. The molecule has 0 aromatic heterocycles. The van der Waals surface area contributed by atoms with Crippen LogP contribution in [0.2, 0.25) is 5.02 Å². The second-order valence-corrected chi connectivity index (χ2v) is 9.38. The molecule has 3 rings (SSSR count). The fraction of sp³-hybridized carbons (Fsp3) is 0.320. The molecule has 2 aromatic rings. The Labute approximate surface area is 209 Å². The van der Waals surface area contributed by atoms with Crippen LogP contribution >= 0.6 is 23.4 Å². The highest BCUT2D eigenvalue weighted by atomic mass is 35.5. The lowest BCUT2D eigenvalue weighted by Gasteiger charge is -2.26. The van der Waals surface area contributed by atoms with Gasteiger partial charge in [0.05, 0.1) is 17.9 Å². The Morgan fingerprint density at radius 3 is 2.50 bits per heavy atom. The van der Waals surface area contributed by atoms with Gasteiger partial charge in [-0.1, -0.05) is 41.6 Å². The van der Waals surface area contributed by atoms with E-state index < -0.39 is 12.0 Å². The average Bonchev–Trinajstić information content (AvgIpc) is 2.80. The van der Waals surface area contributed by atoms with Crippen LogP contribution in [0, 0.1) is 6.92 Å². The van der Waals surface area contributed by atoms with Gasteiger partial charge in [-0.2, -0.15) is 0 Å². The lowest BCUT2D eigenvalue weighted by Crippen LogP contribution is -2.31. The molecule has 0 aliphatic carbocycles. The summed E-state index contributed by atoms with van der Waals surface area (Å²) < 4.78 is 5.29. The van der Waals surface area contributed by atoms with Crippen LogP contribution in [0.3, 0.4) is 0 Å². The smallest absolute Gasteiger partial charge is 0.338 e. The second kappa shape index (κ2) is 11.4. The van der Waals surface area contributed by atoms with Crippen molar-refractivity contribution in [3.63, 3.8) is 0 Å². The number of amides is 1. The number of carbonyl (C=O) groups excluding carboxylic acids is 2. The molecule has 34 heavy (non-hydrogen) atoms. The molecule has 1 heterocycles. The third kappa shape index (κ3) is 6.33. The molecule has 0 saturated heterocycles. The first kappa shape index (κ1) is 25.6. The Balaban J connectivity index is 1.78. The van der Waals surface area contributed by atoms with E-state index in [-0.39, 0.29) is 18.3 Å². The Hall–Kier alpha value is -2.97. The fourth-order valence-corrected chi connectivity index (χ4v) is 4.32. The van der Waals surface area contributed by atoms with Gasteiger partial charge in [-0.05, 0) is 56.2 Å². The zero-order valence-electron chi connectivity index (χ0n) is 19.9. The van der Waals surface area contributed by atoms with E-state index in [0.717, 1.165) is 16.8 Å². The van der Waals surface area contributed by atoms with Crippen LogP contribution in [0.15, 0.2) is 58.7 Å². The van der Waals surface area contributed by atoms with Crippen molar-refractivity contribution in [3.05, 3.63) is 69.9 Å². The summed E-state index contributed by atoms with van der Waals surface area (Å²) in [5.41, 5.74) is 4.61. The summed E-state index contributed by atoms with van der Waals surface area (Å²) in [5, 5.41) is 7.16. The molecule has 1 aliphatic rings. The largest absolute Gasteiger partial charge is 0.463 e. The number of nitrogens with zero attached hydrogens (tertiary/aromatic N) is 2. The van der Waals surface area contributed by atoms with E-state index in [4.69, 9.17) is 21.3 Å². The Morgan fingerprint density at radius 2 is 1.88 bits per heavy atom. The van der Waals surface area contributed by atoms with Gasteiger partial charge in [0.15, 0.2) is 5.17 Å². The maximum absolute atomic E-state index is 12.7. The molecule has 0 unspecified atom stereocenters. The van der Waals surface area contributed by atoms with Gasteiger partial charge in [0, 0.05) is 36.2 Å². The topological polar surface area (TPSA) is 83.0 Å². The third-order valence-corrected chi connectivity index (χ3v) is 6.53. The van der Waals surface area contributed by atoms with Crippen LogP contribution in [-0.2, 0) is 14.3 Å². The molecular formula is C25H29ClN4O3S. The molecular weight excluding hydrogens is 472 g/mol. The van der Waals surface area contributed by atoms with Crippen LogP contribution in [0.4, 0.5) is 11.4 Å². The summed E-state index contributed by atoms with van der Waals surface area (Å²) in [5.74, 6) is -0.443. The van der Waals surface area contributed by atoms with E-state index in [0.29, 0.717) is 27.1 Å². The highest BCUT2D eigenvalue weighted by Crippen LogP contribution is 2.33. The number of carbonyl (C=O) groups is 2. The fourth-order valence-electron chi connectivity index (χ4n) is 3.39. The van der Waals surface area contributed by atoms with E-state index in [1.165, 1.54) is 11.8 Å². The summed E-state index contributed by atoms with van der Waals surface area (Å²) in [7, 11) is 3.94. The van der Waals surface area contributed by atoms with Crippen molar-refractivity contribution in [2.45, 2.75) is 26.8 Å². The summed E-state index contributed by atoms with van der Waals surface area (Å²) in [6.07, 6.45) is 0. The minimum absolute atomic E-state index is 0.144. The molecule has 0 fully saturated rings. The number of nitrogens with one attached hydrogen (secondary N) is 2. The zero-order chi connectivity index (χ0) is 24.8. The molecule has 7 nitrogen and oxygen atoms in total. The van der Waals surface area contributed by atoms with E-state index in [1.807, 2.05) is 69.2 Å². The van der Waals surface area contributed by atoms with Gasteiger partial charge in [0.25, 0.3) is 0 Å². The van der Waals surface area contributed by atoms with Crippen LogP contribution in [0.25, 0.3) is 0 Å². The van der Waals surface area contributed by atoms with Crippen molar-refractivity contribution in [2.75, 3.05) is 36.7 Å². The first-order valence-electron chi connectivity index (χ1n) is 10.9. The van der Waals surface area contributed by atoms with Crippen molar-refractivity contribution in [1.82, 2.24) is 5.32 Å². The first-order valence-corrected chi connectivity index (χ1v) is 12.2. The molecule has 2 N–H and O–H groups in total. The van der Waals surface area contributed by atoms with Gasteiger partial charge in [-0.3, -0.25) is 4.79 Å². The number of ether oxygens (including phenoxy) is 1. The number of amidine groups is 1. The van der Waals surface area contributed by atoms with Crippen LogP contribution in [-0.4, -0.2) is 43.5 Å². The molecule has 1 aliphatic heterocycles. The van der Waals surface area contributed by atoms with Gasteiger partial charge in [-0.15, -0.1) is 0 Å². The van der Waals surface area contributed by atoms with Gasteiger partial charge in [0.1, 0.15) is 6.04 Å². The van der Waals surface area contributed by atoms with Gasteiger partial charge >= 0.3 is 5.97 Å². The average molecular weight is 501 g/mol. The number of esters is 1. The summed E-state index contributed by atoms with van der Waals surface area (Å²) in [6, 6.07) is 12.7. The van der Waals surface area contributed by atoms with E-state index in [2.05, 4.69) is 10.6 Å². The van der Waals surface area contributed by atoms with Crippen molar-refractivity contribution < 1.29 is 14.3 Å². The predicted molar refractivity (Wildman–Crippen MR) is 141 cm³/mol. The quantitative estimate of drug-likeness (QED) is 0.525. The monoisotopic (exact) mass is 500 g/mol. The molecule has 1 amide bonds. The lowest BCUT2D eigenvalue weighted by atomic mass is 9.96. The molecule has 9 heteroatoms. The number of hydrogen-bond donors (Lipinski definition) is 2. The van der Waals surface area contributed by atoms with E-state index in [9.17, 15) is 9.59 Å². The van der Waals surface area contributed by atoms with Crippen molar-refractivity contribution >= 4 is 51.8 Å². The van der Waals surface area contributed by atoms with Crippen molar-refractivity contribution in [1.29, 1.82) is 0 Å². The van der Waals surface area contributed by atoms with Crippen molar-refractivity contribution in [3.8, 4) is 0 Å². The predicted octanol–water partition coefficient (Wildman–Crippen LogP) is 4.92. The summed E-state index contributed by atoms with van der Waals surface area (Å²) >= 11 is 7.41. The Morgan fingerprint density at radius 1 is 1.18 bits per heavy atom. The Kier molecular flexibility index (Phi) is 8.63. The number of rotatable bonds is 7. The maximum Gasteiger partial charge on any atom is 0.338 e. The normalized spacial score (nSPS) is 15.4. The van der Waals surface area contributed by atoms with E-state index in [1.54, 1.807) is 13.0 Å². The number of thioether (sulfide) groups is 1. The molecule has 1 atom stereocenters. The highest BCUT2D eigenvalue weighted by molar-refractivity contribution is 8.14. The van der Waals surface area contributed by atoms with Gasteiger partial charge < -0.3 is 20.3 Å². The first-order chi connectivity index (χ1) is 16.2. The zero-order valence-corrected chi connectivity index (χ0v) is 21.5. The van der Waals surface area contributed by atoms with E-state index >= 15 is 0 Å². The molecule has 0 saturated carbocycles. The molecule has 0 radical (unpaired) electrons. The number of halogens is 1. The number of benzene rings is 2. The minimum atomic E-state index is -0.530. The van der Waals surface area contributed by atoms with Gasteiger partial charge in [0.2, 0.25) is 5.91 Å². The number of anilines is 2. The maximum atomic E-state index is 12.7. The summed E-state index contributed by atoms with van der Waals surface area (Å²) in [6.45, 7) is 5.77. The standard InChI is InChI=1S/C25H29ClN4O3S/c1-6-33-24(32)22-16(3)27-25(29-23(22)17-8-11-19(12-9-17)30(4)5)34-14-21(31)28-18-10-7-15(2)20(26)13-18/h7-13,23H,6,14H2,1-5H3,(H,27,29)(H,28,31)/t23-/m1/s1. The molecule has 0 spiro atoms. The SMILES string of the molecule is CCOC(=O)C1=C(C)NC(SCC(=O)Nc2ccc(C)c(Cl)c2)=N[C@@H]1c1ccc(N(C)C)cc1. The number of aliphatic imine (C=N–C) groups is 1. The summed E-state index contributed by atoms with van der Waals surface area (Å²) in [4.78, 5) is 32.0. The van der Waals surface area contributed by atoms with Crippen LogP contribution in [0.5, 0.6) is 0 Å². The number of aryl methyl sites for hydroxylation is 1. The van der Waals surface area contributed by atoms with Crippen LogP contribution < -0.4 is 15.5 Å².